The largest absolute Gasteiger partial charge is 0.324 e. The van der Waals surface area contributed by atoms with Gasteiger partial charge in [-0.05, 0) is 18.8 Å². The van der Waals surface area contributed by atoms with Gasteiger partial charge in [-0.15, -0.1) is 0 Å². The summed E-state index contributed by atoms with van der Waals surface area (Å²) < 4.78 is 0. The van der Waals surface area contributed by atoms with Crippen molar-refractivity contribution in [3.8, 4) is 0 Å². The van der Waals surface area contributed by atoms with Crippen molar-refractivity contribution in [2.45, 2.75) is 32.7 Å². The van der Waals surface area contributed by atoms with Crippen LogP contribution >= 0.6 is 23.2 Å². The fourth-order valence-corrected chi connectivity index (χ4v) is 2.08. The Labute approximate surface area is 101 Å². The average Bonchev–Trinajstić information content (AvgIpc) is 2.14. The van der Waals surface area contributed by atoms with E-state index < -0.39 is 0 Å². The first-order valence-corrected chi connectivity index (χ1v) is 5.82. The smallest absolute Gasteiger partial charge is 0.0651 e. The molecule has 0 fully saturated rings. The molecule has 15 heavy (non-hydrogen) atoms. The highest BCUT2D eigenvalue weighted by Gasteiger charge is 2.14. The predicted molar refractivity (Wildman–Crippen MR) is 65.3 cm³/mol. The lowest BCUT2D eigenvalue weighted by molar-refractivity contribution is 0.507. The third kappa shape index (κ3) is 3.63. The van der Waals surface area contributed by atoms with E-state index >= 15 is 0 Å². The lowest BCUT2D eigenvalue weighted by Gasteiger charge is -2.15. The van der Waals surface area contributed by atoms with E-state index in [-0.39, 0.29) is 6.04 Å². The van der Waals surface area contributed by atoms with Gasteiger partial charge in [0.25, 0.3) is 0 Å². The molecule has 0 saturated carbocycles. The maximum atomic E-state index is 6.05. The zero-order chi connectivity index (χ0) is 11.4. The van der Waals surface area contributed by atoms with Crippen LogP contribution in [-0.4, -0.2) is 4.98 Å². The quantitative estimate of drug-likeness (QED) is 0.878. The highest BCUT2D eigenvalue weighted by atomic mass is 35.5. The van der Waals surface area contributed by atoms with E-state index in [0.717, 1.165) is 18.4 Å². The van der Waals surface area contributed by atoms with Crippen LogP contribution in [0.5, 0.6) is 0 Å². The first-order chi connectivity index (χ1) is 7.02. The number of hydrogen-bond donors (Lipinski definition) is 1. The molecule has 0 bridgehead atoms. The number of halogens is 2. The number of rotatable bonds is 4. The molecule has 4 heteroatoms. The second kappa shape index (κ2) is 5.69. The maximum absolute atomic E-state index is 6.05. The van der Waals surface area contributed by atoms with Crippen LogP contribution in [0.1, 0.15) is 38.3 Å². The van der Waals surface area contributed by atoms with Crippen molar-refractivity contribution in [3.63, 3.8) is 0 Å². The average molecular weight is 247 g/mol. The molecule has 0 spiro atoms. The van der Waals surface area contributed by atoms with Crippen molar-refractivity contribution in [2.24, 2.45) is 11.7 Å². The first kappa shape index (κ1) is 12.8. The van der Waals surface area contributed by atoms with Crippen LogP contribution in [0.2, 0.25) is 10.0 Å². The lowest BCUT2D eigenvalue weighted by Crippen LogP contribution is -2.12. The van der Waals surface area contributed by atoms with Crippen molar-refractivity contribution in [2.75, 3.05) is 0 Å². The van der Waals surface area contributed by atoms with Gasteiger partial charge in [0.1, 0.15) is 0 Å². The van der Waals surface area contributed by atoms with Gasteiger partial charge in [-0.2, -0.15) is 0 Å². The van der Waals surface area contributed by atoms with Crippen molar-refractivity contribution >= 4 is 23.2 Å². The van der Waals surface area contributed by atoms with E-state index in [9.17, 15) is 0 Å². The molecule has 0 unspecified atom stereocenters. The summed E-state index contributed by atoms with van der Waals surface area (Å²) in [6.45, 7) is 4.34. The Bertz CT molecular complexity index is 306. The number of aromatic nitrogens is 1. The van der Waals surface area contributed by atoms with Crippen LogP contribution in [0.15, 0.2) is 12.4 Å². The van der Waals surface area contributed by atoms with Gasteiger partial charge in [0.15, 0.2) is 0 Å². The van der Waals surface area contributed by atoms with E-state index in [0.29, 0.717) is 16.0 Å². The Morgan fingerprint density at radius 3 is 2.20 bits per heavy atom. The minimum Gasteiger partial charge on any atom is -0.324 e. The molecule has 0 aliphatic heterocycles. The third-order valence-corrected chi connectivity index (χ3v) is 2.92. The second-order valence-corrected chi connectivity index (χ2v) is 4.91. The van der Waals surface area contributed by atoms with Crippen LogP contribution in [0.4, 0.5) is 0 Å². The van der Waals surface area contributed by atoms with Gasteiger partial charge in [0, 0.05) is 24.0 Å². The van der Waals surface area contributed by atoms with Gasteiger partial charge in [0.2, 0.25) is 0 Å². The van der Waals surface area contributed by atoms with Crippen LogP contribution in [0, 0.1) is 5.92 Å². The Balaban J connectivity index is 2.77. The molecule has 1 aromatic rings. The molecule has 0 aliphatic carbocycles. The Hall–Kier alpha value is -0.310. The van der Waals surface area contributed by atoms with Crippen LogP contribution in [0.25, 0.3) is 0 Å². The van der Waals surface area contributed by atoms with Crippen LogP contribution in [0.3, 0.4) is 0 Å². The van der Waals surface area contributed by atoms with E-state index in [1.54, 1.807) is 12.4 Å². The number of nitrogens with two attached hydrogens (primary N) is 1. The minimum absolute atomic E-state index is 0.101. The van der Waals surface area contributed by atoms with E-state index in [4.69, 9.17) is 28.9 Å². The van der Waals surface area contributed by atoms with Gasteiger partial charge >= 0.3 is 0 Å². The number of pyridine rings is 1. The van der Waals surface area contributed by atoms with Gasteiger partial charge in [-0.25, -0.2) is 0 Å². The molecule has 0 aliphatic rings. The summed E-state index contributed by atoms with van der Waals surface area (Å²) in [6.07, 6.45) is 5.12. The summed E-state index contributed by atoms with van der Waals surface area (Å²) >= 11 is 12.0. The molecule has 0 saturated heterocycles. The normalized spacial score (nSPS) is 13.2. The SMILES string of the molecule is CC(C)CC[C@@H](N)c1c(Cl)cncc1Cl. The summed E-state index contributed by atoms with van der Waals surface area (Å²) in [4.78, 5) is 3.90. The van der Waals surface area contributed by atoms with Gasteiger partial charge in [0.05, 0.1) is 10.0 Å². The molecular formula is C11H16Cl2N2. The van der Waals surface area contributed by atoms with Crippen molar-refractivity contribution in [1.82, 2.24) is 4.98 Å². The highest BCUT2D eigenvalue weighted by Crippen LogP contribution is 2.30. The molecule has 1 rings (SSSR count). The zero-order valence-electron chi connectivity index (χ0n) is 9.00. The van der Waals surface area contributed by atoms with E-state index in [1.165, 1.54) is 0 Å². The molecule has 1 aromatic heterocycles. The summed E-state index contributed by atoms with van der Waals surface area (Å²) in [5.74, 6) is 0.635. The zero-order valence-corrected chi connectivity index (χ0v) is 10.5. The standard InChI is InChI=1S/C11H16Cl2N2/c1-7(2)3-4-10(14)11-8(12)5-15-6-9(11)13/h5-7,10H,3-4,14H2,1-2H3/t10-/m1/s1. The molecule has 1 atom stereocenters. The summed E-state index contributed by atoms with van der Waals surface area (Å²) in [6, 6.07) is -0.101. The first-order valence-electron chi connectivity index (χ1n) is 5.06. The lowest BCUT2D eigenvalue weighted by atomic mass is 9.99. The Morgan fingerprint density at radius 1 is 1.20 bits per heavy atom. The van der Waals surface area contributed by atoms with Crippen LogP contribution in [-0.2, 0) is 0 Å². The second-order valence-electron chi connectivity index (χ2n) is 4.09. The topological polar surface area (TPSA) is 38.9 Å². The summed E-state index contributed by atoms with van der Waals surface area (Å²) in [5.41, 5.74) is 6.86. The van der Waals surface area contributed by atoms with E-state index in [1.807, 2.05) is 0 Å². The fourth-order valence-electron chi connectivity index (χ4n) is 1.43. The van der Waals surface area contributed by atoms with E-state index in [2.05, 4.69) is 18.8 Å². The monoisotopic (exact) mass is 246 g/mol. The Kier molecular flexibility index (Phi) is 4.84. The highest BCUT2D eigenvalue weighted by molar-refractivity contribution is 6.35. The van der Waals surface area contributed by atoms with Gasteiger partial charge in [-0.3, -0.25) is 4.98 Å². The maximum Gasteiger partial charge on any atom is 0.0651 e. The molecule has 84 valence electrons. The molecule has 2 nitrogen and oxygen atoms in total. The molecule has 0 amide bonds. The molecule has 1 heterocycles. The summed E-state index contributed by atoms with van der Waals surface area (Å²) in [5, 5.41) is 1.11. The van der Waals surface area contributed by atoms with Crippen molar-refractivity contribution in [1.29, 1.82) is 0 Å². The summed E-state index contributed by atoms with van der Waals surface area (Å²) in [7, 11) is 0. The van der Waals surface area contributed by atoms with Crippen molar-refractivity contribution in [3.05, 3.63) is 28.0 Å². The molecule has 2 N–H and O–H groups in total. The third-order valence-electron chi connectivity index (χ3n) is 2.32. The van der Waals surface area contributed by atoms with Gasteiger partial charge in [-0.1, -0.05) is 37.0 Å². The van der Waals surface area contributed by atoms with Gasteiger partial charge < -0.3 is 5.73 Å². The number of hydrogen-bond acceptors (Lipinski definition) is 2. The molecular weight excluding hydrogens is 231 g/mol. The fraction of sp³-hybridized carbons (Fsp3) is 0.545. The molecule has 0 radical (unpaired) electrons. The molecule has 0 aromatic carbocycles. The van der Waals surface area contributed by atoms with Crippen LogP contribution < -0.4 is 5.73 Å². The number of nitrogens with zero attached hydrogens (tertiary/aromatic N) is 1. The predicted octanol–water partition coefficient (Wildman–Crippen LogP) is 3.82. The minimum atomic E-state index is -0.101. The van der Waals surface area contributed by atoms with Crippen molar-refractivity contribution < 1.29 is 0 Å². The Morgan fingerprint density at radius 2 is 1.73 bits per heavy atom.